The topological polar surface area (TPSA) is 18.5 Å². The molecule has 0 unspecified atom stereocenters. The van der Waals surface area contributed by atoms with E-state index < -0.39 is 0 Å². The molecule has 0 heterocycles. The van der Waals surface area contributed by atoms with E-state index in [1.165, 1.54) is 144 Å². The monoisotopic (exact) mass is 1160 g/mol. The van der Waals surface area contributed by atoms with Gasteiger partial charge < -0.3 is 34.3 Å². The number of hydrogen-bond acceptors (Lipinski definition) is 2. The maximum atomic E-state index is 5.39. The summed E-state index contributed by atoms with van der Waals surface area (Å²) in [6.07, 6.45) is 14.4. The van der Waals surface area contributed by atoms with Crippen LogP contribution in [-0.4, -0.2) is 20.6 Å². The first-order valence-corrected chi connectivity index (χ1v) is 26.8. The molecule has 74 heavy (non-hydrogen) atoms. The van der Waals surface area contributed by atoms with Gasteiger partial charge in [-0.3, -0.25) is 12.2 Å². The van der Waals surface area contributed by atoms with E-state index in [4.69, 9.17) is 9.47 Å². The predicted octanol–water partition coefficient (Wildman–Crippen LogP) is 9.92. The van der Waals surface area contributed by atoms with Gasteiger partial charge in [0.15, 0.2) is 0 Å². The van der Waals surface area contributed by atoms with Gasteiger partial charge in [-0.05, 0) is 24.0 Å². The molecular weight excluding hydrogens is 1100 g/mol. The Bertz CT molecular complexity index is 2910. The van der Waals surface area contributed by atoms with E-state index in [-0.39, 0.29) is 24.8 Å². The molecule has 368 valence electrons. The Labute approximate surface area is 483 Å². The zero-order valence-corrected chi connectivity index (χ0v) is 49.5. The Morgan fingerprint density at radius 3 is 0.959 bits per heavy atom. The van der Waals surface area contributed by atoms with E-state index in [0.717, 1.165) is 37.2 Å². The number of methoxy groups -OCH3 is 2. The number of fused-ring (bicyclic) bond motifs is 6. The van der Waals surface area contributed by atoms with Crippen molar-refractivity contribution in [3.63, 3.8) is 0 Å². The number of ether oxygens (including phenoxy) is 2. The van der Waals surface area contributed by atoms with Crippen LogP contribution in [0.4, 0.5) is 0 Å². The molecule has 0 bridgehead atoms. The van der Waals surface area contributed by atoms with E-state index >= 15 is 0 Å². The first-order valence-electron chi connectivity index (χ1n) is 24.3. The molecule has 12 rings (SSSR count). The molecule has 0 aliphatic heterocycles. The molecule has 0 fully saturated rings. The van der Waals surface area contributed by atoms with Crippen LogP contribution >= 0.6 is 0 Å². The number of hydrogen-bond donors (Lipinski definition) is 0. The Hall–Kier alpha value is -5.59. The van der Waals surface area contributed by atoms with Crippen molar-refractivity contribution in [3.05, 3.63) is 297 Å². The summed E-state index contributed by atoms with van der Waals surface area (Å²) in [7, 11) is 3.44. The Morgan fingerprint density at radius 2 is 0.703 bits per heavy atom. The van der Waals surface area contributed by atoms with Crippen LogP contribution in [0.1, 0.15) is 85.0 Å². The van der Waals surface area contributed by atoms with Crippen molar-refractivity contribution in [2.24, 2.45) is 0 Å². The zero-order valence-electron chi connectivity index (χ0n) is 43.0. The molecule has 0 saturated carbocycles. The normalized spacial score (nSPS) is 12.2. The molecule has 2 nitrogen and oxygen atoms in total. The molecule has 0 saturated heterocycles. The number of halogens is 2. The second-order valence-electron chi connectivity index (χ2n) is 17.7. The first kappa shape index (κ1) is 59.3. The molecule has 8 aromatic rings. The molecule has 0 amide bonds. The third kappa shape index (κ3) is 16.2. The summed E-state index contributed by atoms with van der Waals surface area (Å²) in [5.41, 5.74) is 21.3. The number of benzene rings is 8. The Morgan fingerprint density at radius 1 is 0.405 bits per heavy atom. The summed E-state index contributed by atoms with van der Waals surface area (Å²) in [4.78, 5) is 0. The molecule has 4 aliphatic carbocycles. The summed E-state index contributed by atoms with van der Waals surface area (Å²) >= 11 is 2.92. The van der Waals surface area contributed by atoms with Crippen molar-refractivity contribution in [3.8, 4) is 33.8 Å². The van der Waals surface area contributed by atoms with E-state index in [1.807, 2.05) is 24.3 Å². The molecule has 0 aromatic heterocycles. The average molecular weight is 1160 g/mol. The second-order valence-corrected chi connectivity index (χ2v) is 20.1. The van der Waals surface area contributed by atoms with Gasteiger partial charge in [0.2, 0.25) is 0 Å². The minimum atomic E-state index is 0. The maximum absolute atomic E-state index is 5.39. The molecule has 8 aromatic carbocycles. The SMILES string of the molecule is CC1=C(C)C[C-]=C1.CC1=C(C)C[C-]=C1.COc1cc[c-]c2c1-c1ccccc1C2.COc1cc[c-]c2c1-c1ccccc1C2.[Cl-].[Cl-].[Zr+2]=[C](c1ccccc1)c1ccccc1.[Zr+2]=[C](c1ccccc1)c1ccccc1. The van der Waals surface area contributed by atoms with Crippen molar-refractivity contribution in [1.29, 1.82) is 0 Å². The van der Waals surface area contributed by atoms with Crippen LogP contribution in [0.25, 0.3) is 22.3 Å². The van der Waals surface area contributed by atoms with Gasteiger partial charge in [0.1, 0.15) is 0 Å². The van der Waals surface area contributed by atoms with Gasteiger partial charge >= 0.3 is 198 Å². The van der Waals surface area contributed by atoms with Gasteiger partial charge in [0.05, 0.1) is 14.2 Å². The zero-order chi connectivity index (χ0) is 50.7. The van der Waals surface area contributed by atoms with Gasteiger partial charge in [-0.15, -0.1) is 49.9 Å². The van der Waals surface area contributed by atoms with E-state index in [0.29, 0.717) is 0 Å². The van der Waals surface area contributed by atoms with Crippen molar-refractivity contribution in [2.75, 3.05) is 14.2 Å². The van der Waals surface area contributed by atoms with Crippen molar-refractivity contribution in [1.82, 2.24) is 0 Å². The summed E-state index contributed by atoms with van der Waals surface area (Å²) in [6.45, 7) is 8.53. The standard InChI is InChI=1S/2C14H11O.2C13H10.2C7H9.2ClH.2Zr/c2*1-15-13-8-4-6-11-9-10-5-2-3-7-12(10)14(11)13;2*1-3-7-12(8-4-1)11-13-9-5-2-6-10-13;2*1-6-4-3-5-7(6)2;;;;/h2*2-5,7-8H,9H2,1H3;2*1-10H;2*4H,5H2,1-2H3;2*1H;;/q2*-1;;;2*-1;;;2*+2/p-2. The Kier molecular flexibility index (Phi) is 24.6. The molecule has 6 heteroatoms. The second kappa shape index (κ2) is 30.7. The summed E-state index contributed by atoms with van der Waals surface area (Å²) in [5.74, 6) is 1.90. The van der Waals surface area contributed by atoms with Gasteiger partial charge in [0, 0.05) is 11.5 Å². The molecule has 4 aliphatic rings. The van der Waals surface area contributed by atoms with Gasteiger partial charge in [-0.2, -0.15) is 35.4 Å². The third-order valence-electron chi connectivity index (χ3n) is 12.8. The van der Waals surface area contributed by atoms with Crippen LogP contribution < -0.4 is 34.3 Å². The van der Waals surface area contributed by atoms with Crippen LogP contribution in [-0.2, 0) is 61.3 Å². The van der Waals surface area contributed by atoms with Crippen molar-refractivity contribution >= 4 is 6.41 Å². The number of rotatable bonds is 6. The summed E-state index contributed by atoms with van der Waals surface area (Å²) < 4.78 is 13.6. The molecule has 0 atom stereocenters. The Balaban J connectivity index is 0.000000167. The van der Waals surface area contributed by atoms with Crippen LogP contribution in [0.15, 0.2) is 229 Å². The van der Waals surface area contributed by atoms with Crippen LogP contribution in [0.3, 0.4) is 0 Å². The fraction of sp³-hybridized carbons (Fsp3) is 0.147. The van der Waals surface area contributed by atoms with Crippen molar-refractivity contribution in [2.45, 2.75) is 53.4 Å². The van der Waals surface area contributed by atoms with Crippen LogP contribution in [0.2, 0.25) is 0 Å². The molecule has 0 N–H and O–H groups in total. The van der Waals surface area contributed by atoms with E-state index in [9.17, 15) is 0 Å². The van der Waals surface area contributed by atoms with Gasteiger partial charge in [0.25, 0.3) is 0 Å². The third-order valence-corrected chi connectivity index (χ3v) is 15.6. The molecular formula is C68H60Cl2O2Zr2-2. The predicted molar refractivity (Wildman–Crippen MR) is 294 cm³/mol. The number of allylic oxidation sites excluding steroid dienone is 8. The molecule has 0 spiro atoms. The van der Waals surface area contributed by atoms with Gasteiger partial charge in [-0.25, -0.2) is 23.3 Å². The van der Waals surface area contributed by atoms with E-state index in [1.54, 1.807) is 14.2 Å². The van der Waals surface area contributed by atoms with Crippen molar-refractivity contribution < 1.29 is 82.8 Å². The fourth-order valence-electron chi connectivity index (χ4n) is 8.46. The van der Waals surface area contributed by atoms with E-state index in [2.05, 4.69) is 234 Å². The fourth-order valence-corrected chi connectivity index (χ4v) is 10.1. The molecule has 0 radical (unpaired) electrons. The van der Waals surface area contributed by atoms with Gasteiger partial charge in [-0.1, -0.05) is 84.6 Å². The summed E-state index contributed by atoms with van der Waals surface area (Å²) in [5, 5.41) is 0. The first-order chi connectivity index (χ1) is 35.2. The van der Waals surface area contributed by atoms with Crippen LogP contribution in [0, 0.1) is 24.3 Å². The van der Waals surface area contributed by atoms with Crippen LogP contribution in [0.5, 0.6) is 11.5 Å². The minimum absolute atomic E-state index is 0. The average Bonchev–Trinajstić information content (AvgIpc) is 4.24. The summed E-state index contributed by atoms with van der Waals surface area (Å²) in [6, 6.07) is 73.5. The quantitative estimate of drug-likeness (QED) is 0.155.